The van der Waals surface area contributed by atoms with Gasteiger partial charge in [0.25, 0.3) is 0 Å². The first-order chi connectivity index (χ1) is 8.58. The molecule has 0 fully saturated rings. The number of benzene rings is 1. The minimum absolute atomic E-state index is 0.0565. The first-order valence-corrected chi connectivity index (χ1v) is 5.78. The number of pyridine rings is 1. The van der Waals surface area contributed by atoms with Crippen LogP contribution in [0.15, 0.2) is 36.5 Å². The highest BCUT2D eigenvalue weighted by Gasteiger charge is 2.11. The molecule has 0 amide bonds. The van der Waals surface area contributed by atoms with Gasteiger partial charge in [-0.3, -0.25) is 4.98 Å². The van der Waals surface area contributed by atoms with Gasteiger partial charge in [-0.25, -0.2) is 0 Å². The molecule has 0 saturated carbocycles. The van der Waals surface area contributed by atoms with Crippen molar-refractivity contribution in [2.75, 3.05) is 5.32 Å². The molecular formula is C14H16N2O2. The standard InChI is InChI=1S/C14H16N2O2/c1-9(12-6-5-11(17)8-14(12)18)16-13-4-3-7-15-10(13)2/h3-9,16-18H,1-2H3. The Bertz CT molecular complexity index is 555. The monoisotopic (exact) mass is 244 g/mol. The van der Waals surface area contributed by atoms with Crippen LogP contribution in [0.4, 0.5) is 5.69 Å². The Morgan fingerprint density at radius 3 is 2.67 bits per heavy atom. The van der Waals surface area contributed by atoms with Crippen molar-refractivity contribution in [1.29, 1.82) is 0 Å². The molecule has 1 atom stereocenters. The summed E-state index contributed by atoms with van der Waals surface area (Å²) in [6, 6.07) is 8.32. The van der Waals surface area contributed by atoms with E-state index in [4.69, 9.17) is 0 Å². The van der Waals surface area contributed by atoms with E-state index < -0.39 is 0 Å². The van der Waals surface area contributed by atoms with E-state index in [2.05, 4.69) is 10.3 Å². The Kier molecular flexibility index (Phi) is 3.37. The zero-order chi connectivity index (χ0) is 13.1. The Labute approximate surface area is 106 Å². The predicted octanol–water partition coefficient (Wildman–Crippen LogP) is 2.97. The second-order valence-electron chi connectivity index (χ2n) is 4.25. The van der Waals surface area contributed by atoms with Crippen LogP contribution in [0.2, 0.25) is 0 Å². The van der Waals surface area contributed by atoms with Crippen molar-refractivity contribution in [3.05, 3.63) is 47.8 Å². The van der Waals surface area contributed by atoms with Crippen molar-refractivity contribution in [2.24, 2.45) is 0 Å². The van der Waals surface area contributed by atoms with Crippen molar-refractivity contribution < 1.29 is 10.2 Å². The SMILES string of the molecule is Cc1ncccc1NC(C)c1ccc(O)cc1O. The molecule has 2 aromatic rings. The van der Waals surface area contributed by atoms with Crippen LogP contribution in [0, 0.1) is 6.92 Å². The first-order valence-electron chi connectivity index (χ1n) is 5.78. The summed E-state index contributed by atoms with van der Waals surface area (Å²) in [6.07, 6.45) is 1.74. The van der Waals surface area contributed by atoms with Crippen molar-refractivity contribution in [3.8, 4) is 11.5 Å². The number of hydrogen-bond acceptors (Lipinski definition) is 4. The topological polar surface area (TPSA) is 65.4 Å². The summed E-state index contributed by atoms with van der Waals surface area (Å²) < 4.78 is 0. The van der Waals surface area contributed by atoms with E-state index in [0.717, 1.165) is 16.9 Å². The molecule has 0 radical (unpaired) electrons. The second kappa shape index (κ2) is 4.96. The third-order valence-electron chi connectivity index (χ3n) is 2.86. The second-order valence-corrected chi connectivity index (χ2v) is 4.25. The summed E-state index contributed by atoms with van der Waals surface area (Å²) in [6.45, 7) is 3.87. The summed E-state index contributed by atoms with van der Waals surface area (Å²) in [5.74, 6) is 0.137. The molecule has 0 spiro atoms. The number of phenolic OH excluding ortho intramolecular Hbond substituents is 2. The zero-order valence-corrected chi connectivity index (χ0v) is 10.4. The molecule has 18 heavy (non-hydrogen) atoms. The number of nitrogens with one attached hydrogen (secondary N) is 1. The van der Waals surface area contributed by atoms with Crippen LogP contribution in [-0.2, 0) is 0 Å². The number of rotatable bonds is 3. The molecule has 1 aromatic heterocycles. The van der Waals surface area contributed by atoms with Crippen LogP contribution in [0.5, 0.6) is 11.5 Å². The van der Waals surface area contributed by atoms with Gasteiger partial charge < -0.3 is 15.5 Å². The summed E-state index contributed by atoms with van der Waals surface area (Å²) >= 11 is 0. The van der Waals surface area contributed by atoms with Crippen molar-refractivity contribution in [1.82, 2.24) is 4.98 Å². The highest BCUT2D eigenvalue weighted by molar-refractivity contribution is 5.51. The predicted molar refractivity (Wildman–Crippen MR) is 70.8 cm³/mol. The van der Waals surface area contributed by atoms with E-state index in [9.17, 15) is 10.2 Å². The fraction of sp³-hybridized carbons (Fsp3) is 0.214. The van der Waals surface area contributed by atoms with Gasteiger partial charge in [-0.2, -0.15) is 0 Å². The van der Waals surface area contributed by atoms with Crippen molar-refractivity contribution >= 4 is 5.69 Å². The van der Waals surface area contributed by atoms with E-state index in [-0.39, 0.29) is 17.5 Å². The number of aromatic hydroxyl groups is 2. The molecule has 1 unspecified atom stereocenters. The van der Waals surface area contributed by atoms with Crippen LogP contribution in [0.1, 0.15) is 24.2 Å². The van der Waals surface area contributed by atoms with Gasteiger partial charge in [0.2, 0.25) is 0 Å². The molecule has 94 valence electrons. The summed E-state index contributed by atoms with van der Waals surface area (Å²) in [5.41, 5.74) is 2.57. The molecule has 1 aromatic carbocycles. The molecule has 0 aliphatic carbocycles. The highest BCUT2D eigenvalue weighted by Crippen LogP contribution is 2.30. The number of aromatic nitrogens is 1. The average Bonchev–Trinajstić information content (AvgIpc) is 2.32. The third kappa shape index (κ3) is 2.53. The lowest BCUT2D eigenvalue weighted by molar-refractivity contribution is 0.444. The number of hydrogen-bond donors (Lipinski definition) is 3. The Morgan fingerprint density at radius 1 is 1.22 bits per heavy atom. The quantitative estimate of drug-likeness (QED) is 0.776. The molecular weight excluding hydrogens is 228 g/mol. The summed E-state index contributed by atoms with van der Waals surface area (Å²) in [4.78, 5) is 4.20. The number of phenols is 2. The molecule has 1 heterocycles. The molecule has 0 saturated heterocycles. The lowest BCUT2D eigenvalue weighted by atomic mass is 10.1. The lowest BCUT2D eigenvalue weighted by Gasteiger charge is -2.18. The Morgan fingerprint density at radius 2 is 2.00 bits per heavy atom. The molecule has 4 heteroatoms. The first kappa shape index (κ1) is 12.2. The van der Waals surface area contributed by atoms with E-state index in [1.54, 1.807) is 18.3 Å². The van der Waals surface area contributed by atoms with E-state index >= 15 is 0 Å². The smallest absolute Gasteiger partial charge is 0.124 e. The average molecular weight is 244 g/mol. The van der Waals surface area contributed by atoms with Crippen molar-refractivity contribution in [2.45, 2.75) is 19.9 Å². The van der Waals surface area contributed by atoms with Crippen LogP contribution in [-0.4, -0.2) is 15.2 Å². The van der Waals surface area contributed by atoms with Crippen LogP contribution in [0.25, 0.3) is 0 Å². The van der Waals surface area contributed by atoms with E-state index in [1.807, 2.05) is 26.0 Å². The van der Waals surface area contributed by atoms with Gasteiger partial charge in [-0.15, -0.1) is 0 Å². The Balaban J connectivity index is 2.22. The van der Waals surface area contributed by atoms with Crippen LogP contribution in [0.3, 0.4) is 0 Å². The maximum atomic E-state index is 9.79. The zero-order valence-electron chi connectivity index (χ0n) is 10.4. The molecule has 0 bridgehead atoms. The third-order valence-corrected chi connectivity index (χ3v) is 2.86. The van der Waals surface area contributed by atoms with Gasteiger partial charge in [-0.1, -0.05) is 0 Å². The number of nitrogens with zero attached hydrogens (tertiary/aromatic N) is 1. The van der Waals surface area contributed by atoms with Gasteiger partial charge >= 0.3 is 0 Å². The lowest BCUT2D eigenvalue weighted by Crippen LogP contribution is -2.08. The van der Waals surface area contributed by atoms with Gasteiger partial charge in [0, 0.05) is 17.8 Å². The minimum Gasteiger partial charge on any atom is -0.508 e. The van der Waals surface area contributed by atoms with Gasteiger partial charge in [0.15, 0.2) is 0 Å². The Hall–Kier alpha value is -2.23. The normalized spacial score (nSPS) is 12.1. The van der Waals surface area contributed by atoms with Crippen LogP contribution < -0.4 is 5.32 Å². The molecule has 3 N–H and O–H groups in total. The number of aryl methyl sites for hydroxylation is 1. The van der Waals surface area contributed by atoms with Crippen LogP contribution >= 0.6 is 0 Å². The largest absolute Gasteiger partial charge is 0.508 e. The summed E-state index contributed by atoms with van der Waals surface area (Å²) in [5, 5.41) is 22.3. The van der Waals surface area contributed by atoms with E-state index in [0.29, 0.717) is 0 Å². The molecule has 4 nitrogen and oxygen atoms in total. The van der Waals surface area contributed by atoms with Gasteiger partial charge in [-0.05, 0) is 38.1 Å². The summed E-state index contributed by atoms with van der Waals surface area (Å²) in [7, 11) is 0. The van der Waals surface area contributed by atoms with Gasteiger partial charge in [0.1, 0.15) is 11.5 Å². The van der Waals surface area contributed by atoms with Crippen molar-refractivity contribution in [3.63, 3.8) is 0 Å². The molecule has 0 aliphatic rings. The van der Waals surface area contributed by atoms with E-state index in [1.165, 1.54) is 6.07 Å². The molecule has 2 rings (SSSR count). The maximum Gasteiger partial charge on any atom is 0.124 e. The van der Waals surface area contributed by atoms with Gasteiger partial charge in [0.05, 0.1) is 17.4 Å². The number of anilines is 1. The fourth-order valence-corrected chi connectivity index (χ4v) is 1.85. The highest BCUT2D eigenvalue weighted by atomic mass is 16.3. The molecule has 0 aliphatic heterocycles. The minimum atomic E-state index is -0.0755. The maximum absolute atomic E-state index is 9.79. The fourth-order valence-electron chi connectivity index (χ4n) is 1.85.